The van der Waals surface area contributed by atoms with Crippen LogP contribution in [0.5, 0.6) is 0 Å². The summed E-state index contributed by atoms with van der Waals surface area (Å²) in [4.78, 5) is 0. The molecular weight excluding hydrogens is 322 g/mol. The molecule has 1 aliphatic carbocycles. The van der Waals surface area contributed by atoms with E-state index in [9.17, 15) is 0 Å². The quantitative estimate of drug-likeness (QED) is 0.770. The van der Waals surface area contributed by atoms with Crippen LogP contribution in [0.15, 0.2) is 22.7 Å². The van der Waals surface area contributed by atoms with E-state index in [1.165, 1.54) is 31.2 Å². The predicted molar refractivity (Wildman–Crippen MR) is 86.6 cm³/mol. The average molecular weight is 345 g/mol. The molecule has 1 aliphatic rings. The first-order valence-electron chi connectivity index (χ1n) is 7.25. The lowest BCUT2D eigenvalue weighted by atomic mass is 9.78. The second-order valence-corrected chi connectivity index (χ2v) is 7.24. The third kappa shape index (κ3) is 4.21. The molecule has 0 heterocycles. The summed E-state index contributed by atoms with van der Waals surface area (Å²) in [7, 11) is 0. The molecule has 2 unspecified atom stereocenters. The third-order valence-corrected chi connectivity index (χ3v) is 5.09. The van der Waals surface area contributed by atoms with Crippen LogP contribution in [0.4, 0.5) is 0 Å². The Morgan fingerprint density at radius 1 is 1.32 bits per heavy atom. The second kappa shape index (κ2) is 7.10. The van der Waals surface area contributed by atoms with Crippen LogP contribution < -0.4 is 5.32 Å². The van der Waals surface area contributed by atoms with Crippen molar-refractivity contribution in [3.05, 3.63) is 33.3 Å². The number of halogens is 2. The minimum absolute atomic E-state index is 0.647. The molecule has 1 aromatic carbocycles. The fourth-order valence-corrected chi connectivity index (χ4v) is 3.86. The highest BCUT2D eigenvalue weighted by atomic mass is 79.9. The van der Waals surface area contributed by atoms with Crippen molar-refractivity contribution in [1.82, 2.24) is 5.32 Å². The molecule has 2 atom stereocenters. The highest BCUT2D eigenvalue weighted by Gasteiger charge is 2.26. The molecule has 1 fully saturated rings. The van der Waals surface area contributed by atoms with Gasteiger partial charge in [0.2, 0.25) is 0 Å². The Hall–Kier alpha value is -0.0500. The minimum Gasteiger partial charge on any atom is -0.310 e. The van der Waals surface area contributed by atoms with Crippen LogP contribution in [0.2, 0.25) is 5.02 Å². The summed E-state index contributed by atoms with van der Waals surface area (Å²) in [5.74, 6) is 1.57. The zero-order valence-corrected chi connectivity index (χ0v) is 14.1. The van der Waals surface area contributed by atoms with E-state index in [4.69, 9.17) is 11.6 Å². The van der Waals surface area contributed by atoms with Crippen LogP contribution in [0.3, 0.4) is 0 Å². The van der Waals surface area contributed by atoms with Crippen molar-refractivity contribution in [2.24, 2.45) is 11.8 Å². The van der Waals surface area contributed by atoms with Crippen LogP contribution in [0.1, 0.15) is 45.1 Å². The number of benzene rings is 1. The molecule has 0 spiro atoms. The molecule has 0 aromatic heterocycles. The van der Waals surface area contributed by atoms with Crippen molar-refractivity contribution in [2.45, 2.75) is 52.1 Å². The van der Waals surface area contributed by atoms with Crippen molar-refractivity contribution in [3.8, 4) is 0 Å². The standard InChI is InChI=1S/C16H23BrClN/c1-11(2)14-5-3-4-6-16(14)19-10-12-7-8-13(17)9-15(12)18/h7-9,11,14,16,19H,3-6,10H2,1-2H3. The largest absolute Gasteiger partial charge is 0.310 e. The fourth-order valence-electron chi connectivity index (χ4n) is 3.12. The van der Waals surface area contributed by atoms with Crippen molar-refractivity contribution in [3.63, 3.8) is 0 Å². The highest BCUT2D eigenvalue weighted by Crippen LogP contribution is 2.30. The zero-order valence-electron chi connectivity index (χ0n) is 11.8. The molecule has 106 valence electrons. The Balaban J connectivity index is 1.96. The molecule has 0 radical (unpaired) electrons. The molecule has 1 nitrogen and oxygen atoms in total. The lowest BCUT2D eigenvalue weighted by molar-refractivity contribution is 0.204. The maximum atomic E-state index is 6.28. The Bertz CT molecular complexity index is 419. The van der Waals surface area contributed by atoms with Crippen LogP contribution in [-0.2, 0) is 6.54 Å². The van der Waals surface area contributed by atoms with E-state index in [0.29, 0.717) is 6.04 Å². The molecule has 2 rings (SSSR count). The van der Waals surface area contributed by atoms with Gasteiger partial charge in [-0.05, 0) is 42.4 Å². The topological polar surface area (TPSA) is 12.0 Å². The summed E-state index contributed by atoms with van der Waals surface area (Å²) in [6.07, 6.45) is 5.41. The second-order valence-electron chi connectivity index (χ2n) is 5.92. The summed E-state index contributed by atoms with van der Waals surface area (Å²) in [6, 6.07) is 6.78. The molecule has 1 N–H and O–H groups in total. The van der Waals surface area contributed by atoms with Gasteiger partial charge >= 0.3 is 0 Å². The highest BCUT2D eigenvalue weighted by molar-refractivity contribution is 9.10. The van der Waals surface area contributed by atoms with E-state index < -0.39 is 0 Å². The summed E-state index contributed by atoms with van der Waals surface area (Å²) in [6.45, 7) is 5.56. The number of rotatable bonds is 4. The van der Waals surface area contributed by atoms with E-state index >= 15 is 0 Å². The van der Waals surface area contributed by atoms with Crippen LogP contribution in [0, 0.1) is 11.8 Å². The molecule has 19 heavy (non-hydrogen) atoms. The van der Waals surface area contributed by atoms with Crippen molar-refractivity contribution < 1.29 is 0 Å². The maximum Gasteiger partial charge on any atom is 0.0462 e. The van der Waals surface area contributed by atoms with Gasteiger partial charge in [0.1, 0.15) is 0 Å². The van der Waals surface area contributed by atoms with Crippen molar-refractivity contribution in [2.75, 3.05) is 0 Å². The molecule has 0 aliphatic heterocycles. The smallest absolute Gasteiger partial charge is 0.0462 e. The van der Waals surface area contributed by atoms with E-state index in [2.05, 4.69) is 47.2 Å². The SMILES string of the molecule is CC(C)C1CCCCC1NCc1ccc(Br)cc1Cl. The van der Waals surface area contributed by atoms with Gasteiger partial charge in [-0.2, -0.15) is 0 Å². The van der Waals surface area contributed by atoms with Gasteiger partial charge in [-0.3, -0.25) is 0 Å². The Kier molecular flexibility index (Phi) is 5.73. The van der Waals surface area contributed by atoms with E-state index in [-0.39, 0.29) is 0 Å². The van der Waals surface area contributed by atoms with E-state index in [1.54, 1.807) is 0 Å². The lowest BCUT2D eigenvalue weighted by Crippen LogP contribution is -2.40. The summed E-state index contributed by atoms with van der Waals surface area (Å²) in [5.41, 5.74) is 1.19. The maximum absolute atomic E-state index is 6.28. The number of hydrogen-bond donors (Lipinski definition) is 1. The van der Waals surface area contributed by atoms with Gasteiger partial charge in [-0.15, -0.1) is 0 Å². The number of hydrogen-bond acceptors (Lipinski definition) is 1. The van der Waals surface area contributed by atoms with E-state index in [1.807, 2.05) is 6.07 Å². The molecular formula is C16H23BrClN. The minimum atomic E-state index is 0.647. The lowest BCUT2D eigenvalue weighted by Gasteiger charge is -2.35. The average Bonchev–Trinajstić information content (AvgIpc) is 2.38. The van der Waals surface area contributed by atoms with Crippen LogP contribution >= 0.6 is 27.5 Å². The first-order chi connectivity index (χ1) is 9.08. The van der Waals surface area contributed by atoms with Crippen molar-refractivity contribution in [1.29, 1.82) is 0 Å². The molecule has 1 saturated carbocycles. The van der Waals surface area contributed by atoms with Gasteiger partial charge in [-0.25, -0.2) is 0 Å². The van der Waals surface area contributed by atoms with Crippen molar-refractivity contribution >= 4 is 27.5 Å². The van der Waals surface area contributed by atoms with Gasteiger partial charge in [-0.1, -0.05) is 60.3 Å². The molecule has 0 bridgehead atoms. The Morgan fingerprint density at radius 3 is 2.74 bits per heavy atom. The Morgan fingerprint density at radius 2 is 2.05 bits per heavy atom. The van der Waals surface area contributed by atoms with Gasteiger partial charge in [0, 0.05) is 22.1 Å². The predicted octanol–water partition coefficient (Wildman–Crippen LogP) is 5.41. The first kappa shape index (κ1) is 15.3. The Labute approximate surface area is 130 Å². The summed E-state index contributed by atoms with van der Waals surface area (Å²) >= 11 is 9.72. The van der Waals surface area contributed by atoms with Gasteiger partial charge in [0.05, 0.1) is 0 Å². The van der Waals surface area contributed by atoms with Gasteiger partial charge in [0.15, 0.2) is 0 Å². The molecule has 0 saturated heterocycles. The van der Waals surface area contributed by atoms with Gasteiger partial charge in [0.25, 0.3) is 0 Å². The van der Waals surface area contributed by atoms with Crippen LogP contribution in [0.25, 0.3) is 0 Å². The zero-order chi connectivity index (χ0) is 13.8. The number of nitrogens with one attached hydrogen (secondary N) is 1. The molecule has 0 amide bonds. The summed E-state index contributed by atoms with van der Waals surface area (Å²) < 4.78 is 1.04. The fraction of sp³-hybridized carbons (Fsp3) is 0.625. The molecule has 1 aromatic rings. The monoisotopic (exact) mass is 343 g/mol. The summed E-state index contributed by atoms with van der Waals surface area (Å²) in [5, 5.41) is 4.58. The normalized spacial score (nSPS) is 23.8. The van der Waals surface area contributed by atoms with Crippen LogP contribution in [-0.4, -0.2) is 6.04 Å². The molecule has 3 heteroatoms. The third-order valence-electron chi connectivity index (χ3n) is 4.25. The first-order valence-corrected chi connectivity index (χ1v) is 8.42. The van der Waals surface area contributed by atoms with Gasteiger partial charge < -0.3 is 5.32 Å². The van der Waals surface area contributed by atoms with E-state index in [0.717, 1.165) is 27.9 Å².